The fourth-order valence-corrected chi connectivity index (χ4v) is 5.06. The van der Waals surface area contributed by atoms with Crippen LogP contribution in [-0.2, 0) is 4.79 Å². The molecule has 0 saturated heterocycles. The largest absolute Gasteiger partial charge is 0.384 e. The monoisotopic (exact) mass is 590 g/mol. The number of hydrogen-bond acceptors (Lipinski definition) is 6. The minimum Gasteiger partial charge on any atom is -0.384 e. The molecule has 6 aromatic rings. The fourth-order valence-electron chi connectivity index (χ4n) is 5.06. The van der Waals surface area contributed by atoms with Crippen LogP contribution in [0.3, 0.4) is 0 Å². The highest BCUT2D eigenvalue weighted by Crippen LogP contribution is 2.36. The number of pyridine rings is 2. The third-order valence-electron chi connectivity index (χ3n) is 7.47. The number of carbonyl (C=O) groups excluding carboxylic acids is 1. The Morgan fingerprint density at radius 2 is 1.66 bits per heavy atom. The molecule has 0 aliphatic rings. The number of hydrogen-bond donors (Lipinski definition) is 4. The van der Waals surface area contributed by atoms with E-state index in [0.29, 0.717) is 12.2 Å². The van der Waals surface area contributed by atoms with Crippen molar-refractivity contribution in [3.63, 3.8) is 0 Å². The van der Waals surface area contributed by atoms with E-state index in [-0.39, 0.29) is 11.7 Å². The maximum Gasteiger partial charge on any atom is 0.229 e. The molecule has 10 heteroatoms. The Balaban J connectivity index is 1.35. The lowest BCUT2D eigenvalue weighted by molar-refractivity contribution is -0.123. The van der Waals surface area contributed by atoms with Crippen molar-refractivity contribution in [2.24, 2.45) is 5.41 Å². The van der Waals surface area contributed by atoms with Crippen molar-refractivity contribution in [1.82, 2.24) is 30.0 Å². The van der Waals surface area contributed by atoms with E-state index in [1.807, 2.05) is 65.2 Å². The number of nitrogens with zero attached hydrogens (tertiary/aromatic N) is 4. The van der Waals surface area contributed by atoms with Crippen LogP contribution >= 0.6 is 0 Å². The Kier molecular flexibility index (Phi) is 7.60. The predicted octanol–water partition coefficient (Wildman–Crippen LogP) is 6.93. The first-order chi connectivity index (χ1) is 21.0. The fraction of sp³-hybridized carbons (Fsp3) is 0.235. The van der Waals surface area contributed by atoms with Crippen molar-refractivity contribution in [2.45, 2.75) is 20.8 Å². The number of nitrogens with one attached hydrogen (secondary N) is 4. The van der Waals surface area contributed by atoms with Crippen molar-refractivity contribution in [3.8, 4) is 33.6 Å². The van der Waals surface area contributed by atoms with Crippen molar-refractivity contribution in [2.75, 3.05) is 37.8 Å². The third-order valence-corrected chi connectivity index (χ3v) is 7.47. The summed E-state index contributed by atoms with van der Waals surface area (Å²) in [6.07, 6.45) is 6.95. The Labute approximate surface area is 254 Å². The number of halogens is 1. The number of amides is 1. The van der Waals surface area contributed by atoms with Crippen LogP contribution in [0.1, 0.15) is 20.8 Å². The highest BCUT2D eigenvalue weighted by atomic mass is 19.1. The van der Waals surface area contributed by atoms with Crippen LogP contribution < -0.4 is 10.6 Å². The number of rotatable bonds is 8. The molecule has 0 atom stereocenters. The highest BCUT2D eigenvalue weighted by Gasteiger charge is 2.21. The topological polar surface area (TPSA) is 115 Å². The van der Waals surface area contributed by atoms with Gasteiger partial charge in [-0.25, -0.2) is 4.39 Å². The molecular weight excluding hydrogens is 555 g/mol. The molecular formula is C34H35FN8O. The maximum absolute atomic E-state index is 14.7. The Morgan fingerprint density at radius 3 is 2.45 bits per heavy atom. The van der Waals surface area contributed by atoms with E-state index in [9.17, 15) is 9.18 Å². The molecule has 44 heavy (non-hydrogen) atoms. The van der Waals surface area contributed by atoms with E-state index in [1.54, 1.807) is 24.8 Å². The molecule has 4 aromatic heterocycles. The maximum atomic E-state index is 14.7. The Bertz CT molecular complexity index is 1990. The third kappa shape index (κ3) is 6.02. The van der Waals surface area contributed by atoms with Gasteiger partial charge in [-0.15, -0.1) is 0 Å². The molecule has 4 heterocycles. The van der Waals surface area contributed by atoms with E-state index in [0.717, 1.165) is 67.7 Å². The van der Waals surface area contributed by atoms with Crippen molar-refractivity contribution < 1.29 is 9.18 Å². The van der Waals surface area contributed by atoms with E-state index in [4.69, 9.17) is 0 Å². The van der Waals surface area contributed by atoms with Crippen LogP contribution in [0.25, 0.3) is 55.4 Å². The summed E-state index contributed by atoms with van der Waals surface area (Å²) in [5, 5.41) is 15.9. The minimum atomic E-state index is -0.518. The zero-order valence-electron chi connectivity index (χ0n) is 25.4. The number of anilines is 2. The quantitative estimate of drug-likeness (QED) is 0.153. The van der Waals surface area contributed by atoms with Gasteiger partial charge in [0.1, 0.15) is 11.5 Å². The Hall–Kier alpha value is -5.09. The molecule has 0 bridgehead atoms. The first kappa shape index (κ1) is 29.0. The van der Waals surface area contributed by atoms with Crippen LogP contribution in [-0.4, -0.2) is 63.1 Å². The lowest BCUT2D eigenvalue weighted by Gasteiger charge is -2.17. The average molecular weight is 591 g/mol. The Morgan fingerprint density at radius 1 is 0.864 bits per heavy atom. The van der Waals surface area contributed by atoms with Gasteiger partial charge in [-0.1, -0.05) is 26.8 Å². The van der Waals surface area contributed by atoms with Crippen molar-refractivity contribution in [1.29, 1.82) is 0 Å². The van der Waals surface area contributed by atoms with Gasteiger partial charge in [-0.05, 0) is 67.7 Å². The molecule has 4 N–H and O–H groups in total. The second-order valence-electron chi connectivity index (χ2n) is 12.3. The lowest BCUT2D eigenvalue weighted by atomic mass is 9.95. The molecule has 6 rings (SSSR count). The normalized spacial score (nSPS) is 11.9. The first-order valence-corrected chi connectivity index (χ1v) is 14.5. The van der Waals surface area contributed by atoms with Gasteiger partial charge in [-0.3, -0.25) is 19.9 Å². The van der Waals surface area contributed by atoms with Crippen LogP contribution in [0, 0.1) is 11.2 Å². The SMILES string of the molecule is CN(C)CCNc1cc(F)cc(-c2cncc3[nH]c(-c4n[nH]c5ccc(-c6cncc(NC(=O)C(C)(C)C)c6)cc45)cc23)c1. The van der Waals surface area contributed by atoms with Crippen molar-refractivity contribution in [3.05, 3.63) is 79.1 Å². The molecule has 1 amide bonds. The molecule has 0 spiro atoms. The van der Waals surface area contributed by atoms with E-state index >= 15 is 0 Å². The molecule has 2 aromatic carbocycles. The molecule has 0 unspecified atom stereocenters. The van der Waals surface area contributed by atoms with Crippen LogP contribution in [0.5, 0.6) is 0 Å². The second-order valence-corrected chi connectivity index (χ2v) is 12.3. The number of H-pyrrole nitrogens is 2. The molecule has 0 aliphatic carbocycles. The molecule has 0 radical (unpaired) electrons. The van der Waals surface area contributed by atoms with Gasteiger partial charge >= 0.3 is 0 Å². The molecule has 0 fully saturated rings. The average Bonchev–Trinajstić information content (AvgIpc) is 3.60. The summed E-state index contributed by atoms with van der Waals surface area (Å²) in [4.78, 5) is 26.9. The first-order valence-electron chi connectivity index (χ1n) is 14.5. The lowest BCUT2D eigenvalue weighted by Crippen LogP contribution is -2.27. The van der Waals surface area contributed by atoms with E-state index in [1.165, 1.54) is 12.1 Å². The summed E-state index contributed by atoms with van der Waals surface area (Å²) in [5.41, 5.74) is 7.46. The minimum absolute atomic E-state index is 0.0771. The zero-order chi connectivity index (χ0) is 31.0. The van der Waals surface area contributed by atoms with Gasteiger partial charge in [0, 0.05) is 58.5 Å². The van der Waals surface area contributed by atoms with Gasteiger partial charge in [0.25, 0.3) is 0 Å². The summed E-state index contributed by atoms with van der Waals surface area (Å²) < 4.78 is 14.7. The number of aromatic amines is 2. The number of carbonyl (C=O) groups is 1. The van der Waals surface area contributed by atoms with E-state index in [2.05, 4.69) is 46.7 Å². The zero-order valence-corrected chi connectivity index (χ0v) is 25.4. The number of benzene rings is 2. The van der Waals surface area contributed by atoms with Gasteiger partial charge in [0.2, 0.25) is 5.91 Å². The number of fused-ring (bicyclic) bond motifs is 2. The standard InChI is InChI=1S/C34H35FN8O/c1-34(2,3)33(44)39-25-12-22(16-36-17-25)20-6-7-29-27(13-20)32(42-41-29)30-15-26-28(18-37-19-31(26)40-30)21-10-23(35)14-24(11-21)38-8-9-43(4)5/h6-7,10-19,38,40H,8-9H2,1-5H3,(H,39,44)(H,41,42). The smallest absolute Gasteiger partial charge is 0.229 e. The second kappa shape index (κ2) is 11.5. The van der Waals surface area contributed by atoms with Crippen LogP contribution in [0.4, 0.5) is 15.8 Å². The van der Waals surface area contributed by atoms with Gasteiger partial charge < -0.3 is 20.5 Å². The van der Waals surface area contributed by atoms with Gasteiger partial charge in [-0.2, -0.15) is 5.10 Å². The number of aromatic nitrogens is 5. The van der Waals surface area contributed by atoms with Crippen LogP contribution in [0.15, 0.2) is 73.3 Å². The van der Waals surface area contributed by atoms with Crippen LogP contribution in [0.2, 0.25) is 0 Å². The molecule has 9 nitrogen and oxygen atoms in total. The highest BCUT2D eigenvalue weighted by molar-refractivity contribution is 6.02. The molecule has 0 saturated carbocycles. The summed E-state index contributed by atoms with van der Waals surface area (Å²) in [6, 6.07) is 15.0. The summed E-state index contributed by atoms with van der Waals surface area (Å²) >= 11 is 0. The molecule has 224 valence electrons. The van der Waals surface area contributed by atoms with Gasteiger partial charge in [0.15, 0.2) is 0 Å². The summed E-state index contributed by atoms with van der Waals surface area (Å²) in [6.45, 7) is 7.15. The van der Waals surface area contributed by atoms with Crippen molar-refractivity contribution >= 4 is 39.1 Å². The predicted molar refractivity (Wildman–Crippen MR) is 175 cm³/mol. The number of likely N-dealkylation sites (N-methyl/N-ethyl adjacent to an activating group) is 1. The van der Waals surface area contributed by atoms with Gasteiger partial charge in [0.05, 0.1) is 34.8 Å². The summed E-state index contributed by atoms with van der Waals surface area (Å²) in [7, 11) is 4.00. The summed E-state index contributed by atoms with van der Waals surface area (Å²) in [5.74, 6) is -0.392. The molecule has 0 aliphatic heterocycles. The van der Waals surface area contributed by atoms with E-state index < -0.39 is 5.41 Å².